The van der Waals surface area contributed by atoms with Gasteiger partial charge in [-0.15, -0.1) is 0 Å². The first kappa shape index (κ1) is 22.6. The standard InChI is InChI=1S/C23H25Cl2FN2O2/c1-15(23(30)27-20-4-2-3-5-20)28(14-16-6-10-19(26)11-7-16)22(29)12-17-8-9-18(24)13-21(17)25/h6-11,13,15,20H,2-5,12,14H2,1H3,(H,27,30). The monoisotopic (exact) mass is 450 g/mol. The van der Waals surface area contributed by atoms with Crippen LogP contribution >= 0.6 is 23.2 Å². The van der Waals surface area contributed by atoms with E-state index in [1.165, 1.54) is 17.0 Å². The average molecular weight is 451 g/mol. The molecule has 1 aliphatic carbocycles. The largest absolute Gasteiger partial charge is 0.352 e. The second-order valence-corrected chi connectivity index (χ2v) is 8.57. The molecular weight excluding hydrogens is 426 g/mol. The van der Waals surface area contributed by atoms with Crippen molar-refractivity contribution in [2.45, 2.75) is 57.7 Å². The summed E-state index contributed by atoms with van der Waals surface area (Å²) in [5.74, 6) is -0.770. The van der Waals surface area contributed by atoms with Crippen LogP contribution < -0.4 is 5.32 Å². The molecule has 2 aromatic rings. The summed E-state index contributed by atoms with van der Waals surface area (Å²) in [6.45, 7) is 1.92. The maximum atomic E-state index is 13.3. The number of halogens is 3. The summed E-state index contributed by atoms with van der Waals surface area (Å²) in [7, 11) is 0. The first-order valence-corrected chi connectivity index (χ1v) is 10.9. The lowest BCUT2D eigenvalue weighted by Gasteiger charge is -2.30. The predicted molar refractivity (Wildman–Crippen MR) is 117 cm³/mol. The summed E-state index contributed by atoms with van der Waals surface area (Å²) in [6.07, 6.45) is 4.17. The van der Waals surface area contributed by atoms with E-state index in [9.17, 15) is 14.0 Å². The molecule has 1 fully saturated rings. The van der Waals surface area contributed by atoms with Crippen LogP contribution in [0.1, 0.15) is 43.7 Å². The van der Waals surface area contributed by atoms with Crippen molar-refractivity contribution in [3.8, 4) is 0 Å². The van der Waals surface area contributed by atoms with Crippen molar-refractivity contribution in [2.24, 2.45) is 0 Å². The summed E-state index contributed by atoms with van der Waals surface area (Å²) in [5.41, 5.74) is 1.38. The second kappa shape index (κ2) is 10.3. The summed E-state index contributed by atoms with van der Waals surface area (Å²) in [6, 6.07) is 10.4. The molecule has 2 amide bonds. The van der Waals surface area contributed by atoms with Crippen LogP contribution in [0, 0.1) is 5.82 Å². The molecule has 160 valence electrons. The number of benzene rings is 2. The van der Waals surface area contributed by atoms with E-state index < -0.39 is 6.04 Å². The Labute approximate surface area is 186 Å². The fourth-order valence-electron chi connectivity index (χ4n) is 3.69. The van der Waals surface area contributed by atoms with Gasteiger partial charge in [0.2, 0.25) is 11.8 Å². The van der Waals surface area contributed by atoms with Gasteiger partial charge in [-0.3, -0.25) is 9.59 Å². The molecule has 1 N–H and O–H groups in total. The molecule has 0 heterocycles. The van der Waals surface area contributed by atoms with Gasteiger partial charge in [-0.2, -0.15) is 0 Å². The molecule has 3 rings (SSSR count). The summed E-state index contributed by atoms with van der Waals surface area (Å²) < 4.78 is 13.3. The molecule has 4 nitrogen and oxygen atoms in total. The lowest BCUT2D eigenvalue weighted by atomic mass is 10.1. The lowest BCUT2D eigenvalue weighted by molar-refractivity contribution is -0.140. The van der Waals surface area contributed by atoms with Crippen LogP contribution in [-0.2, 0) is 22.6 Å². The van der Waals surface area contributed by atoms with E-state index in [1.807, 2.05) is 0 Å². The van der Waals surface area contributed by atoms with Gasteiger partial charge in [0.05, 0.1) is 6.42 Å². The van der Waals surface area contributed by atoms with Crippen molar-refractivity contribution in [2.75, 3.05) is 0 Å². The molecule has 1 unspecified atom stereocenters. The summed E-state index contributed by atoms with van der Waals surface area (Å²) in [4.78, 5) is 27.5. The summed E-state index contributed by atoms with van der Waals surface area (Å²) in [5, 5.41) is 3.95. The third-order valence-corrected chi connectivity index (χ3v) is 6.08. The number of carbonyl (C=O) groups is 2. The van der Waals surface area contributed by atoms with Crippen LogP contribution in [-0.4, -0.2) is 28.8 Å². The predicted octanol–water partition coefficient (Wildman–Crippen LogP) is 5.15. The Bertz CT molecular complexity index is 899. The number of rotatable bonds is 7. The smallest absolute Gasteiger partial charge is 0.242 e. The Kier molecular flexibility index (Phi) is 7.73. The molecule has 7 heteroatoms. The van der Waals surface area contributed by atoms with Gasteiger partial charge in [-0.25, -0.2) is 4.39 Å². The molecule has 1 aliphatic rings. The normalized spacial score (nSPS) is 15.1. The Balaban J connectivity index is 1.78. The van der Waals surface area contributed by atoms with E-state index >= 15 is 0 Å². The van der Waals surface area contributed by atoms with Gasteiger partial charge in [-0.05, 0) is 55.2 Å². The first-order valence-electron chi connectivity index (χ1n) is 10.1. The highest BCUT2D eigenvalue weighted by Crippen LogP contribution is 2.23. The van der Waals surface area contributed by atoms with E-state index in [0.717, 1.165) is 31.2 Å². The van der Waals surface area contributed by atoms with Crippen LogP contribution in [0.15, 0.2) is 42.5 Å². The van der Waals surface area contributed by atoms with E-state index in [4.69, 9.17) is 23.2 Å². The van der Waals surface area contributed by atoms with Crippen LogP contribution in [0.5, 0.6) is 0 Å². The summed E-state index contributed by atoms with van der Waals surface area (Å²) >= 11 is 12.2. The Morgan fingerprint density at radius 3 is 2.43 bits per heavy atom. The highest BCUT2D eigenvalue weighted by Gasteiger charge is 2.28. The third kappa shape index (κ3) is 5.96. The average Bonchev–Trinajstić information content (AvgIpc) is 3.22. The van der Waals surface area contributed by atoms with Gasteiger partial charge in [0.1, 0.15) is 11.9 Å². The van der Waals surface area contributed by atoms with E-state index in [2.05, 4.69) is 5.32 Å². The number of nitrogens with one attached hydrogen (secondary N) is 1. The highest BCUT2D eigenvalue weighted by molar-refractivity contribution is 6.35. The van der Waals surface area contributed by atoms with E-state index in [-0.39, 0.29) is 36.6 Å². The number of nitrogens with zero attached hydrogens (tertiary/aromatic N) is 1. The molecule has 0 aromatic heterocycles. The highest BCUT2D eigenvalue weighted by atomic mass is 35.5. The van der Waals surface area contributed by atoms with Crippen molar-refractivity contribution in [3.05, 3.63) is 69.5 Å². The van der Waals surface area contributed by atoms with Crippen LogP contribution in [0.3, 0.4) is 0 Å². The molecule has 2 aromatic carbocycles. The van der Waals surface area contributed by atoms with Gasteiger partial charge >= 0.3 is 0 Å². The van der Waals surface area contributed by atoms with E-state index in [0.29, 0.717) is 15.6 Å². The zero-order chi connectivity index (χ0) is 21.7. The Morgan fingerprint density at radius 1 is 1.13 bits per heavy atom. The number of amides is 2. The fraction of sp³-hybridized carbons (Fsp3) is 0.391. The van der Waals surface area contributed by atoms with Crippen molar-refractivity contribution >= 4 is 35.0 Å². The molecule has 1 atom stereocenters. The Morgan fingerprint density at radius 2 is 1.80 bits per heavy atom. The minimum atomic E-state index is -0.672. The van der Waals surface area contributed by atoms with Gasteiger partial charge in [0, 0.05) is 22.6 Å². The van der Waals surface area contributed by atoms with Gasteiger partial charge < -0.3 is 10.2 Å². The zero-order valence-corrected chi connectivity index (χ0v) is 18.3. The van der Waals surface area contributed by atoms with Gasteiger partial charge in [0.25, 0.3) is 0 Å². The first-order chi connectivity index (χ1) is 14.3. The molecule has 0 radical (unpaired) electrons. The topological polar surface area (TPSA) is 49.4 Å². The molecule has 0 aliphatic heterocycles. The number of carbonyl (C=O) groups excluding carboxylic acids is 2. The van der Waals surface area contributed by atoms with Crippen molar-refractivity contribution in [1.29, 1.82) is 0 Å². The van der Waals surface area contributed by atoms with Crippen LogP contribution in [0.4, 0.5) is 4.39 Å². The minimum absolute atomic E-state index is 0.0399. The maximum absolute atomic E-state index is 13.3. The van der Waals surface area contributed by atoms with Crippen molar-refractivity contribution in [1.82, 2.24) is 10.2 Å². The van der Waals surface area contributed by atoms with Gasteiger partial charge in [-0.1, -0.05) is 54.2 Å². The van der Waals surface area contributed by atoms with Gasteiger partial charge in [0.15, 0.2) is 0 Å². The third-order valence-electron chi connectivity index (χ3n) is 5.49. The lowest BCUT2D eigenvalue weighted by Crippen LogP contribution is -2.50. The number of hydrogen-bond acceptors (Lipinski definition) is 2. The number of hydrogen-bond donors (Lipinski definition) is 1. The second-order valence-electron chi connectivity index (χ2n) is 7.73. The molecule has 30 heavy (non-hydrogen) atoms. The van der Waals surface area contributed by atoms with Crippen molar-refractivity contribution in [3.63, 3.8) is 0 Å². The van der Waals surface area contributed by atoms with Crippen molar-refractivity contribution < 1.29 is 14.0 Å². The SMILES string of the molecule is CC(C(=O)NC1CCCC1)N(Cc1ccc(F)cc1)C(=O)Cc1ccc(Cl)cc1Cl. The Hall–Kier alpha value is -2.11. The van der Waals surface area contributed by atoms with E-state index in [1.54, 1.807) is 37.3 Å². The minimum Gasteiger partial charge on any atom is -0.352 e. The molecule has 0 saturated heterocycles. The fourth-order valence-corrected chi connectivity index (χ4v) is 4.17. The molecular formula is C23H25Cl2FN2O2. The quantitative estimate of drug-likeness (QED) is 0.633. The molecule has 0 spiro atoms. The molecule has 1 saturated carbocycles. The maximum Gasteiger partial charge on any atom is 0.242 e. The van der Waals surface area contributed by atoms with Crippen LogP contribution in [0.2, 0.25) is 10.0 Å². The molecule has 0 bridgehead atoms. The van der Waals surface area contributed by atoms with Crippen LogP contribution in [0.25, 0.3) is 0 Å². The zero-order valence-electron chi connectivity index (χ0n) is 16.8.